The van der Waals surface area contributed by atoms with Gasteiger partial charge < -0.3 is 0 Å². The van der Waals surface area contributed by atoms with Gasteiger partial charge in [0.05, 0.1) is 0 Å². The van der Waals surface area contributed by atoms with Crippen LogP contribution in [0.1, 0.15) is 34.6 Å². The molecule has 0 unspecified atom stereocenters. The molecule has 84 valence electrons. The maximum atomic E-state index is 5.07. The number of alkyl halides is 1. The Labute approximate surface area is 114 Å². The standard InChI is InChI=1S/C10H15.C3H5Cl.Ti/c1-7-6-10(4,5)9(3)8(7)2;1-2-3-4;/h1-5H3;2H,1,3H2;/q-1;;. The summed E-state index contributed by atoms with van der Waals surface area (Å²) in [4.78, 5) is 0. The molecule has 0 atom stereocenters. The molecule has 2 heteroatoms. The Hall–Kier alpha value is 0.224. The molecule has 0 aromatic carbocycles. The Kier molecular flexibility index (Phi) is 8.80. The average molecular weight is 260 g/mol. The first kappa shape index (κ1) is 17.6. The van der Waals surface area contributed by atoms with E-state index in [-0.39, 0.29) is 27.1 Å². The third-order valence-electron chi connectivity index (χ3n) is 2.67. The van der Waals surface area contributed by atoms with Crippen molar-refractivity contribution in [1.29, 1.82) is 0 Å². The first-order valence-electron chi connectivity index (χ1n) is 4.83. The third-order valence-corrected chi connectivity index (χ3v) is 2.89. The Morgan fingerprint density at radius 2 is 1.73 bits per heavy atom. The molecule has 1 aliphatic rings. The molecule has 0 fully saturated rings. The van der Waals surface area contributed by atoms with Gasteiger partial charge in [0.1, 0.15) is 0 Å². The summed E-state index contributed by atoms with van der Waals surface area (Å²) in [5.74, 6) is 0.556. The Bertz CT molecular complexity index is 272. The second-order valence-corrected chi connectivity index (χ2v) is 4.38. The fourth-order valence-corrected chi connectivity index (χ4v) is 1.41. The van der Waals surface area contributed by atoms with Gasteiger partial charge in [-0.3, -0.25) is 6.08 Å². The molecule has 15 heavy (non-hydrogen) atoms. The van der Waals surface area contributed by atoms with Gasteiger partial charge in [0.15, 0.2) is 0 Å². The molecule has 0 saturated carbocycles. The summed E-state index contributed by atoms with van der Waals surface area (Å²) in [6.45, 7) is 14.3. The van der Waals surface area contributed by atoms with Crippen LogP contribution in [0.15, 0.2) is 29.4 Å². The topological polar surface area (TPSA) is 0 Å². The molecule has 0 aliphatic heterocycles. The van der Waals surface area contributed by atoms with Gasteiger partial charge in [-0.15, -0.1) is 25.1 Å². The molecule has 0 radical (unpaired) electrons. The second-order valence-electron chi connectivity index (χ2n) is 4.07. The first-order valence-corrected chi connectivity index (χ1v) is 5.37. The van der Waals surface area contributed by atoms with Crippen molar-refractivity contribution in [1.82, 2.24) is 0 Å². The van der Waals surface area contributed by atoms with E-state index >= 15 is 0 Å². The number of rotatable bonds is 1. The monoisotopic (exact) mass is 259 g/mol. The zero-order chi connectivity index (χ0) is 11.4. The van der Waals surface area contributed by atoms with Crippen LogP contribution < -0.4 is 0 Å². The fraction of sp³-hybridized carbons (Fsp3) is 0.538. The predicted octanol–water partition coefficient (Wildman–Crippen LogP) is 4.52. The van der Waals surface area contributed by atoms with Crippen LogP contribution in [-0.2, 0) is 21.7 Å². The minimum absolute atomic E-state index is 0. The van der Waals surface area contributed by atoms with Crippen molar-refractivity contribution in [2.24, 2.45) is 5.41 Å². The van der Waals surface area contributed by atoms with Crippen molar-refractivity contribution in [3.05, 3.63) is 35.5 Å². The van der Waals surface area contributed by atoms with Crippen LogP contribution in [0.3, 0.4) is 0 Å². The van der Waals surface area contributed by atoms with Gasteiger partial charge in [0, 0.05) is 27.6 Å². The van der Waals surface area contributed by atoms with Crippen LogP contribution in [0, 0.1) is 11.5 Å². The summed E-state index contributed by atoms with van der Waals surface area (Å²) in [6.07, 6.45) is 5.08. The van der Waals surface area contributed by atoms with Gasteiger partial charge in [-0.25, -0.2) is 5.57 Å². The zero-order valence-corrected chi connectivity index (χ0v) is 12.7. The minimum Gasteiger partial charge on any atom is -0.263 e. The van der Waals surface area contributed by atoms with Crippen molar-refractivity contribution in [2.45, 2.75) is 34.6 Å². The van der Waals surface area contributed by atoms with Crippen LogP contribution in [0.25, 0.3) is 0 Å². The van der Waals surface area contributed by atoms with Gasteiger partial charge in [-0.2, -0.15) is 11.1 Å². The van der Waals surface area contributed by atoms with Crippen molar-refractivity contribution in [3.8, 4) is 0 Å². The molecule has 1 rings (SSSR count). The molecule has 1 aliphatic carbocycles. The Balaban J connectivity index is 0. The van der Waals surface area contributed by atoms with Crippen molar-refractivity contribution in [2.75, 3.05) is 5.88 Å². The molecule has 0 nitrogen and oxygen atoms in total. The van der Waals surface area contributed by atoms with Crippen LogP contribution in [0.5, 0.6) is 0 Å². The molecule has 0 N–H and O–H groups in total. The van der Waals surface area contributed by atoms with E-state index in [0.717, 1.165) is 0 Å². The molecule has 0 bridgehead atoms. The molecule has 0 amide bonds. The summed E-state index contributed by atoms with van der Waals surface area (Å²) in [5, 5.41) is 0. The van der Waals surface area contributed by atoms with E-state index in [1.165, 1.54) is 16.7 Å². The van der Waals surface area contributed by atoms with E-state index in [1.54, 1.807) is 6.08 Å². The van der Waals surface area contributed by atoms with E-state index < -0.39 is 0 Å². The molecule has 0 spiro atoms. The van der Waals surface area contributed by atoms with Crippen molar-refractivity contribution < 1.29 is 21.7 Å². The third kappa shape index (κ3) is 5.20. The summed E-state index contributed by atoms with van der Waals surface area (Å²) in [6, 6.07) is 0. The maximum absolute atomic E-state index is 5.07. The average Bonchev–Trinajstić information content (AvgIpc) is 2.30. The van der Waals surface area contributed by atoms with Crippen molar-refractivity contribution >= 4 is 11.6 Å². The quantitative estimate of drug-likeness (QED) is 0.281. The van der Waals surface area contributed by atoms with Crippen LogP contribution >= 0.6 is 11.6 Å². The van der Waals surface area contributed by atoms with Crippen LogP contribution in [0.2, 0.25) is 0 Å². The summed E-state index contributed by atoms with van der Waals surface area (Å²) >= 11 is 5.07. The largest absolute Gasteiger partial charge is 0.263 e. The second kappa shape index (κ2) is 7.49. The van der Waals surface area contributed by atoms with Gasteiger partial charge in [0.2, 0.25) is 0 Å². The number of hydrogen-bond donors (Lipinski definition) is 0. The summed E-state index contributed by atoms with van der Waals surface area (Å²) in [7, 11) is 0. The van der Waals surface area contributed by atoms with E-state index in [4.69, 9.17) is 11.6 Å². The normalized spacial score (nSPS) is 17.3. The van der Waals surface area contributed by atoms with E-state index in [0.29, 0.717) is 5.88 Å². The van der Waals surface area contributed by atoms with E-state index in [9.17, 15) is 0 Å². The van der Waals surface area contributed by atoms with Gasteiger partial charge in [0.25, 0.3) is 0 Å². The minimum atomic E-state index is 0. The van der Waals surface area contributed by atoms with E-state index in [1.807, 2.05) is 0 Å². The molecule has 0 saturated heterocycles. The predicted molar refractivity (Wildman–Crippen MR) is 65.5 cm³/mol. The SMILES string of the molecule is C=CCCl.CC1=[C-]C(C)(C)C(C)=C1C.[Ti]. The Morgan fingerprint density at radius 3 is 1.80 bits per heavy atom. The van der Waals surface area contributed by atoms with Gasteiger partial charge in [-0.1, -0.05) is 39.2 Å². The first-order chi connectivity index (χ1) is 6.36. The number of hydrogen-bond acceptors (Lipinski definition) is 0. The zero-order valence-electron chi connectivity index (χ0n) is 10.4. The molecular formula is C13H20ClTi-. The number of allylic oxidation sites excluding steroid dienone is 5. The number of halogens is 1. The maximum Gasteiger partial charge on any atom is 0.0401 e. The van der Waals surface area contributed by atoms with Crippen LogP contribution in [0.4, 0.5) is 0 Å². The summed E-state index contributed by atoms with van der Waals surface area (Å²) in [5.41, 5.74) is 4.39. The van der Waals surface area contributed by atoms with E-state index in [2.05, 4.69) is 47.3 Å². The fourth-order valence-electron chi connectivity index (χ4n) is 1.41. The smallest absolute Gasteiger partial charge is 0.0401 e. The summed E-state index contributed by atoms with van der Waals surface area (Å²) < 4.78 is 0. The van der Waals surface area contributed by atoms with Gasteiger partial charge in [-0.05, 0) is 0 Å². The molecular weight excluding hydrogens is 239 g/mol. The molecule has 0 aromatic rings. The van der Waals surface area contributed by atoms with Crippen molar-refractivity contribution in [3.63, 3.8) is 0 Å². The molecule has 0 aromatic heterocycles. The van der Waals surface area contributed by atoms with Crippen LogP contribution in [-0.4, -0.2) is 5.88 Å². The molecule has 0 heterocycles. The Morgan fingerprint density at radius 1 is 1.33 bits per heavy atom. The van der Waals surface area contributed by atoms with Gasteiger partial charge >= 0.3 is 0 Å².